The van der Waals surface area contributed by atoms with Gasteiger partial charge in [-0.25, -0.2) is 9.88 Å². The Labute approximate surface area is 84.9 Å². The fourth-order valence-electron chi connectivity index (χ4n) is 1.22. The van der Waals surface area contributed by atoms with Gasteiger partial charge in [0.05, 0.1) is 0 Å². The van der Waals surface area contributed by atoms with Crippen molar-refractivity contribution in [3.8, 4) is 0 Å². The molecule has 0 saturated carbocycles. The number of carbonyl (C=O) groups excluding carboxylic acids is 2. The maximum atomic E-state index is 11.5. The minimum absolute atomic E-state index is 0.274. The van der Waals surface area contributed by atoms with Crippen molar-refractivity contribution in [1.29, 1.82) is 0 Å². The first-order chi connectivity index (χ1) is 6.59. The fourth-order valence-corrected chi connectivity index (χ4v) is 1.98. The lowest BCUT2D eigenvalue weighted by atomic mass is 10.3. The normalized spacial score (nSPS) is 16.4. The molecule has 0 saturated heterocycles. The zero-order valence-corrected chi connectivity index (χ0v) is 8.59. The van der Waals surface area contributed by atoms with Gasteiger partial charge in [-0.2, -0.15) is 0 Å². The van der Waals surface area contributed by atoms with Crippen LogP contribution in [0.25, 0.3) is 0 Å². The molecule has 0 aromatic carbocycles. The van der Waals surface area contributed by atoms with Crippen molar-refractivity contribution in [2.75, 3.05) is 4.90 Å². The number of carbonyl (C=O) groups is 2. The molecule has 2 heterocycles. The Morgan fingerprint density at radius 2 is 2.07 bits per heavy atom. The Balaban J connectivity index is 2.38. The number of anilines is 1. The number of thiazole rings is 1. The molecule has 0 atom stereocenters. The third kappa shape index (κ3) is 1.26. The van der Waals surface area contributed by atoms with Crippen LogP contribution >= 0.6 is 11.3 Å². The monoisotopic (exact) mass is 208 g/mol. The number of hydrogen-bond donors (Lipinski definition) is 0. The lowest BCUT2D eigenvalue weighted by molar-refractivity contribution is -0.120. The van der Waals surface area contributed by atoms with Gasteiger partial charge in [0.25, 0.3) is 11.8 Å². The minimum atomic E-state index is -0.304. The van der Waals surface area contributed by atoms with Crippen molar-refractivity contribution in [2.45, 2.75) is 13.8 Å². The summed E-state index contributed by atoms with van der Waals surface area (Å²) < 4.78 is 0. The van der Waals surface area contributed by atoms with E-state index in [0.29, 0.717) is 10.7 Å². The molecule has 0 N–H and O–H groups in total. The molecule has 1 aliphatic heterocycles. The molecule has 1 aromatic heterocycles. The predicted octanol–water partition coefficient (Wildman–Crippen LogP) is 1.27. The van der Waals surface area contributed by atoms with E-state index in [0.717, 1.165) is 9.78 Å². The number of aryl methyl sites for hydroxylation is 1. The van der Waals surface area contributed by atoms with Crippen LogP contribution in [0.1, 0.15) is 11.8 Å². The molecule has 0 bridgehead atoms. The van der Waals surface area contributed by atoms with Crippen LogP contribution in [0.15, 0.2) is 17.8 Å². The molecule has 2 rings (SSSR count). The zero-order valence-electron chi connectivity index (χ0n) is 7.77. The molecule has 1 aromatic rings. The third-order valence-corrected chi connectivity index (χ3v) is 2.80. The highest BCUT2D eigenvalue weighted by Gasteiger charge is 2.31. The first-order valence-corrected chi connectivity index (χ1v) is 4.90. The second-order valence-corrected chi connectivity index (χ2v) is 4.27. The Morgan fingerprint density at radius 3 is 2.50 bits per heavy atom. The number of imide groups is 1. The lowest BCUT2D eigenvalue weighted by Gasteiger charge is -2.09. The first-order valence-electron chi connectivity index (χ1n) is 4.09. The summed E-state index contributed by atoms with van der Waals surface area (Å²) in [5.41, 5.74) is 0.461. The van der Waals surface area contributed by atoms with E-state index in [1.165, 1.54) is 17.4 Å². The summed E-state index contributed by atoms with van der Waals surface area (Å²) in [6.07, 6.45) is 2.98. The van der Waals surface area contributed by atoms with E-state index in [4.69, 9.17) is 0 Å². The van der Waals surface area contributed by atoms with Gasteiger partial charge in [0.1, 0.15) is 0 Å². The molecule has 2 amide bonds. The van der Waals surface area contributed by atoms with E-state index in [2.05, 4.69) is 4.98 Å². The molecular weight excluding hydrogens is 200 g/mol. The van der Waals surface area contributed by atoms with Crippen molar-refractivity contribution >= 4 is 28.3 Å². The minimum Gasteiger partial charge on any atom is -0.269 e. The molecule has 1 aliphatic rings. The average Bonchev–Trinajstić information content (AvgIpc) is 2.60. The van der Waals surface area contributed by atoms with Gasteiger partial charge in [-0.1, -0.05) is 0 Å². The highest BCUT2D eigenvalue weighted by Crippen LogP contribution is 2.26. The van der Waals surface area contributed by atoms with Crippen LogP contribution in [0.5, 0.6) is 0 Å². The van der Waals surface area contributed by atoms with Crippen molar-refractivity contribution in [1.82, 2.24) is 4.98 Å². The maximum absolute atomic E-state index is 11.5. The van der Waals surface area contributed by atoms with Gasteiger partial charge in [-0.05, 0) is 13.8 Å². The van der Waals surface area contributed by atoms with Crippen molar-refractivity contribution in [3.05, 3.63) is 22.7 Å². The number of aromatic nitrogens is 1. The quantitative estimate of drug-likeness (QED) is 0.653. The largest absolute Gasteiger partial charge is 0.269 e. The fraction of sp³-hybridized carbons (Fsp3) is 0.222. The summed E-state index contributed by atoms with van der Waals surface area (Å²) >= 11 is 1.33. The van der Waals surface area contributed by atoms with E-state index in [1.54, 1.807) is 13.1 Å². The van der Waals surface area contributed by atoms with Gasteiger partial charge < -0.3 is 0 Å². The van der Waals surface area contributed by atoms with E-state index < -0.39 is 0 Å². The molecule has 0 aliphatic carbocycles. The second-order valence-electron chi connectivity index (χ2n) is 3.06. The van der Waals surface area contributed by atoms with Gasteiger partial charge in [0, 0.05) is 22.7 Å². The summed E-state index contributed by atoms with van der Waals surface area (Å²) in [6.45, 7) is 3.51. The number of amides is 2. The van der Waals surface area contributed by atoms with E-state index >= 15 is 0 Å². The van der Waals surface area contributed by atoms with Crippen LogP contribution in [0.2, 0.25) is 0 Å². The molecule has 0 unspecified atom stereocenters. The summed E-state index contributed by atoms with van der Waals surface area (Å²) in [5, 5.41) is 0.450. The lowest BCUT2D eigenvalue weighted by Crippen LogP contribution is -2.30. The van der Waals surface area contributed by atoms with E-state index in [9.17, 15) is 9.59 Å². The summed E-state index contributed by atoms with van der Waals surface area (Å²) in [7, 11) is 0. The molecule has 14 heavy (non-hydrogen) atoms. The summed E-state index contributed by atoms with van der Waals surface area (Å²) in [5.74, 6) is -0.578. The van der Waals surface area contributed by atoms with Gasteiger partial charge in [0.2, 0.25) is 0 Å². The van der Waals surface area contributed by atoms with Crippen LogP contribution < -0.4 is 4.90 Å². The van der Waals surface area contributed by atoms with E-state index in [-0.39, 0.29) is 11.8 Å². The second kappa shape index (κ2) is 3.02. The standard InChI is InChI=1S/C9H8N2O2S/c1-5-3-7(12)11(8(5)13)9-10-4-6(2)14-9/h3-4H,1-2H3. The van der Waals surface area contributed by atoms with E-state index in [1.807, 2.05) is 6.92 Å². The van der Waals surface area contributed by atoms with Gasteiger partial charge in [0.15, 0.2) is 5.13 Å². The van der Waals surface area contributed by atoms with Crippen LogP contribution in [-0.2, 0) is 9.59 Å². The first kappa shape index (κ1) is 9.08. The van der Waals surface area contributed by atoms with Crippen LogP contribution in [0.4, 0.5) is 5.13 Å². The van der Waals surface area contributed by atoms with Gasteiger partial charge in [-0.15, -0.1) is 11.3 Å². The summed E-state index contributed by atoms with van der Waals surface area (Å²) in [6, 6.07) is 0. The Hall–Kier alpha value is -1.49. The molecule has 0 radical (unpaired) electrons. The molecular formula is C9H8N2O2S. The number of rotatable bonds is 1. The smallest absolute Gasteiger partial charge is 0.263 e. The van der Waals surface area contributed by atoms with Gasteiger partial charge >= 0.3 is 0 Å². The molecule has 72 valence electrons. The van der Waals surface area contributed by atoms with Crippen molar-refractivity contribution < 1.29 is 9.59 Å². The maximum Gasteiger partial charge on any atom is 0.263 e. The average molecular weight is 208 g/mol. The molecule has 0 fully saturated rings. The molecule has 0 spiro atoms. The summed E-state index contributed by atoms with van der Waals surface area (Å²) in [4.78, 5) is 29.0. The molecule has 5 heteroatoms. The van der Waals surface area contributed by atoms with Crippen LogP contribution in [-0.4, -0.2) is 16.8 Å². The Kier molecular flexibility index (Phi) is 1.96. The highest BCUT2D eigenvalue weighted by molar-refractivity contribution is 7.16. The number of hydrogen-bond acceptors (Lipinski definition) is 4. The Morgan fingerprint density at radius 1 is 1.36 bits per heavy atom. The topological polar surface area (TPSA) is 50.3 Å². The predicted molar refractivity (Wildman–Crippen MR) is 53.1 cm³/mol. The van der Waals surface area contributed by atoms with Crippen molar-refractivity contribution in [3.63, 3.8) is 0 Å². The Bertz CT molecular complexity index is 447. The van der Waals surface area contributed by atoms with Crippen LogP contribution in [0, 0.1) is 6.92 Å². The number of nitrogens with zero attached hydrogens (tertiary/aromatic N) is 2. The van der Waals surface area contributed by atoms with Gasteiger partial charge in [-0.3, -0.25) is 9.59 Å². The van der Waals surface area contributed by atoms with Crippen molar-refractivity contribution in [2.24, 2.45) is 0 Å². The highest BCUT2D eigenvalue weighted by atomic mass is 32.1. The third-order valence-electron chi connectivity index (χ3n) is 1.90. The zero-order chi connectivity index (χ0) is 10.3. The van der Waals surface area contributed by atoms with Crippen LogP contribution in [0.3, 0.4) is 0 Å². The molecule has 4 nitrogen and oxygen atoms in total. The SMILES string of the molecule is CC1=CC(=O)N(c2ncc(C)s2)C1=O.